The number of nitrogens with zero attached hydrogens (tertiary/aromatic N) is 2. The van der Waals surface area contributed by atoms with Crippen LogP contribution in [0.3, 0.4) is 0 Å². The van der Waals surface area contributed by atoms with Gasteiger partial charge in [-0.05, 0) is 36.1 Å². The molecule has 0 aliphatic heterocycles. The van der Waals surface area contributed by atoms with Gasteiger partial charge in [0.25, 0.3) is 5.91 Å². The highest BCUT2D eigenvalue weighted by Crippen LogP contribution is 2.33. The Labute approximate surface area is 167 Å². The second-order valence-electron chi connectivity index (χ2n) is 5.82. The zero-order chi connectivity index (χ0) is 20.3. The van der Waals surface area contributed by atoms with Gasteiger partial charge >= 0.3 is 6.18 Å². The van der Waals surface area contributed by atoms with Gasteiger partial charge in [-0.3, -0.25) is 4.79 Å². The maximum atomic E-state index is 13.1. The summed E-state index contributed by atoms with van der Waals surface area (Å²) in [5.41, 5.74) is 0.124. The molecule has 0 aliphatic carbocycles. The number of alkyl halides is 3. The summed E-state index contributed by atoms with van der Waals surface area (Å²) in [6.07, 6.45) is -4.66. The lowest BCUT2D eigenvalue weighted by molar-refractivity contribution is -0.141. The molecule has 3 aromatic rings. The number of hydrogen-bond donors (Lipinski definition) is 1. The lowest BCUT2D eigenvalue weighted by atomic mass is 10.3. The van der Waals surface area contributed by atoms with E-state index in [0.29, 0.717) is 6.54 Å². The smallest absolute Gasteiger partial charge is 0.435 e. The minimum atomic E-state index is -4.66. The molecule has 28 heavy (non-hydrogen) atoms. The molecule has 0 saturated carbocycles. The SMILES string of the molecule is Cc1ccsc1CNC(=O)COc1cc(C(F)(F)F)nn1-c1ccccc1Cl. The average Bonchev–Trinajstić information content (AvgIpc) is 3.24. The van der Waals surface area contributed by atoms with Crippen LogP contribution in [0.1, 0.15) is 16.1 Å². The number of aromatic nitrogens is 2. The molecule has 5 nitrogen and oxygen atoms in total. The lowest BCUT2D eigenvalue weighted by Gasteiger charge is -2.10. The van der Waals surface area contributed by atoms with Crippen LogP contribution in [0.5, 0.6) is 5.88 Å². The van der Waals surface area contributed by atoms with Crippen LogP contribution in [0.2, 0.25) is 5.02 Å². The third kappa shape index (κ3) is 4.66. The van der Waals surface area contributed by atoms with E-state index in [4.69, 9.17) is 16.3 Å². The molecule has 0 saturated heterocycles. The molecule has 3 rings (SSSR count). The number of halogens is 4. The molecule has 0 spiro atoms. The van der Waals surface area contributed by atoms with Gasteiger partial charge in [-0.25, -0.2) is 0 Å². The molecule has 2 aromatic heterocycles. The Hall–Kier alpha value is -2.52. The number of carbonyl (C=O) groups is 1. The van der Waals surface area contributed by atoms with Crippen molar-refractivity contribution in [3.05, 3.63) is 62.9 Å². The van der Waals surface area contributed by atoms with Gasteiger partial charge in [0, 0.05) is 10.9 Å². The number of nitrogens with one attached hydrogen (secondary N) is 1. The fourth-order valence-electron chi connectivity index (χ4n) is 2.36. The highest BCUT2D eigenvalue weighted by molar-refractivity contribution is 7.10. The Morgan fingerprint density at radius 3 is 2.71 bits per heavy atom. The van der Waals surface area contributed by atoms with Gasteiger partial charge in [0.05, 0.1) is 17.3 Å². The van der Waals surface area contributed by atoms with Gasteiger partial charge < -0.3 is 10.1 Å². The predicted molar refractivity (Wildman–Crippen MR) is 100.0 cm³/mol. The Morgan fingerprint density at radius 1 is 1.32 bits per heavy atom. The van der Waals surface area contributed by atoms with Crippen molar-refractivity contribution in [2.75, 3.05) is 6.61 Å². The molecule has 1 amide bonds. The molecule has 148 valence electrons. The maximum Gasteiger partial charge on any atom is 0.435 e. The molecule has 0 radical (unpaired) electrons. The molecule has 10 heteroatoms. The third-order valence-corrected chi connectivity index (χ3v) is 5.16. The van der Waals surface area contributed by atoms with E-state index in [1.54, 1.807) is 12.1 Å². The van der Waals surface area contributed by atoms with E-state index in [9.17, 15) is 18.0 Å². The predicted octanol–water partition coefficient (Wildman–Crippen LogP) is 4.61. The average molecular weight is 430 g/mol. The number of hydrogen-bond acceptors (Lipinski definition) is 4. The van der Waals surface area contributed by atoms with E-state index in [-0.39, 0.29) is 16.6 Å². The maximum absolute atomic E-state index is 13.1. The molecule has 1 N–H and O–H groups in total. The fraction of sp³-hybridized carbons (Fsp3) is 0.222. The number of amides is 1. The molecule has 0 unspecified atom stereocenters. The Morgan fingerprint density at radius 2 is 2.07 bits per heavy atom. The Bertz CT molecular complexity index is 985. The summed E-state index contributed by atoms with van der Waals surface area (Å²) >= 11 is 7.57. The first kappa shape index (κ1) is 20.2. The van der Waals surface area contributed by atoms with Crippen molar-refractivity contribution >= 4 is 28.8 Å². The number of benzene rings is 1. The zero-order valence-corrected chi connectivity index (χ0v) is 16.2. The van der Waals surface area contributed by atoms with Gasteiger partial charge in [0.15, 0.2) is 12.3 Å². The summed E-state index contributed by atoms with van der Waals surface area (Å²) in [5, 5.41) is 8.32. The molecular formula is C18H15ClF3N3O2S. The normalized spacial score (nSPS) is 11.5. The van der Waals surface area contributed by atoms with Crippen molar-refractivity contribution in [1.82, 2.24) is 15.1 Å². The molecule has 1 aromatic carbocycles. The van der Waals surface area contributed by atoms with Crippen LogP contribution >= 0.6 is 22.9 Å². The standard InChI is InChI=1S/C18H15ClF3N3O2S/c1-11-6-7-28-14(11)9-23-16(26)10-27-17-8-15(18(20,21)22)24-25(17)13-5-3-2-4-12(13)19/h2-8H,9-10H2,1H3,(H,23,26). The summed E-state index contributed by atoms with van der Waals surface area (Å²) in [6, 6.07) is 8.94. The first-order chi connectivity index (χ1) is 13.3. The first-order valence-electron chi connectivity index (χ1n) is 8.10. The minimum absolute atomic E-state index is 0.196. The molecule has 0 fully saturated rings. The van der Waals surface area contributed by atoms with E-state index in [0.717, 1.165) is 21.2 Å². The van der Waals surface area contributed by atoms with Crippen LogP contribution in [0.25, 0.3) is 5.69 Å². The van der Waals surface area contributed by atoms with Crippen molar-refractivity contribution in [2.24, 2.45) is 0 Å². The molecule has 0 atom stereocenters. The van der Waals surface area contributed by atoms with Crippen molar-refractivity contribution in [3.8, 4) is 11.6 Å². The van der Waals surface area contributed by atoms with E-state index in [1.807, 2.05) is 18.4 Å². The number of ether oxygens (including phenoxy) is 1. The summed E-state index contributed by atoms with van der Waals surface area (Å²) in [4.78, 5) is 13.0. The summed E-state index contributed by atoms with van der Waals surface area (Å²) in [6.45, 7) is 1.79. The first-order valence-corrected chi connectivity index (χ1v) is 9.36. The number of para-hydroxylation sites is 1. The monoisotopic (exact) mass is 429 g/mol. The van der Waals surface area contributed by atoms with Gasteiger partial charge in [-0.2, -0.15) is 23.0 Å². The Balaban J connectivity index is 1.75. The number of aryl methyl sites for hydroxylation is 1. The van der Waals surface area contributed by atoms with Crippen LogP contribution in [0.15, 0.2) is 41.8 Å². The van der Waals surface area contributed by atoms with E-state index in [1.165, 1.54) is 23.5 Å². The summed E-state index contributed by atoms with van der Waals surface area (Å²) < 4.78 is 45.5. The largest absolute Gasteiger partial charge is 0.467 e. The van der Waals surface area contributed by atoms with Crippen LogP contribution in [-0.4, -0.2) is 22.3 Å². The lowest BCUT2D eigenvalue weighted by Crippen LogP contribution is -2.28. The van der Waals surface area contributed by atoms with E-state index < -0.39 is 24.4 Å². The molecule has 2 heterocycles. The quantitative estimate of drug-likeness (QED) is 0.622. The van der Waals surface area contributed by atoms with Gasteiger partial charge in [-0.1, -0.05) is 23.7 Å². The highest BCUT2D eigenvalue weighted by atomic mass is 35.5. The molecule has 0 bridgehead atoms. The van der Waals surface area contributed by atoms with Crippen LogP contribution < -0.4 is 10.1 Å². The van der Waals surface area contributed by atoms with Crippen molar-refractivity contribution < 1.29 is 22.7 Å². The van der Waals surface area contributed by atoms with Crippen LogP contribution in [-0.2, 0) is 17.5 Å². The summed E-state index contributed by atoms with van der Waals surface area (Å²) in [5.74, 6) is -0.698. The highest BCUT2D eigenvalue weighted by Gasteiger charge is 2.36. The topological polar surface area (TPSA) is 56.1 Å². The minimum Gasteiger partial charge on any atom is -0.467 e. The molecule has 0 aliphatic rings. The fourth-order valence-corrected chi connectivity index (χ4v) is 3.42. The van der Waals surface area contributed by atoms with Crippen molar-refractivity contribution in [2.45, 2.75) is 19.6 Å². The van der Waals surface area contributed by atoms with Gasteiger partial charge in [0.2, 0.25) is 5.88 Å². The molecular weight excluding hydrogens is 415 g/mol. The Kier molecular flexibility index (Phi) is 5.95. The number of rotatable bonds is 6. The van der Waals surface area contributed by atoms with Crippen molar-refractivity contribution in [3.63, 3.8) is 0 Å². The number of thiophene rings is 1. The van der Waals surface area contributed by atoms with E-state index >= 15 is 0 Å². The van der Waals surface area contributed by atoms with Gasteiger partial charge in [0.1, 0.15) is 0 Å². The van der Waals surface area contributed by atoms with Crippen LogP contribution in [0, 0.1) is 6.92 Å². The van der Waals surface area contributed by atoms with Crippen LogP contribution in [0.4, 0.5) is 13.2 Å². The zero-order valence-electron chi connectivity index (χ0n) is 14.6. The van der Waals surface area contributed by atoms with E-state index in [2.05, 4.69) is 10.4 Å². The third-order valence-electron chi connectivity index (χ3n) is 3.81. The summed E-state index contributed by atoms with van der Waals surface area (Å²) in [7, 11) is 0. The van der Waals surface area contributed by atoms with Crippen molar-refractivity contribution in [1.29, 1.82) is 0 Å². The second-order valence-corrected chi connectivity index (χ2v) is 7.23. The second kappa shape index (κ2) is 8.24. The van der Waals surface area contributed by atoms with Gasteiger partial charge in [-0.15, -0.1) is 11.3 Å². The number of carbonyl (C=O) groups excluding carboxylic acids is 1.